The zero-order chi connectivity index (χ0) is 13.0. The molecule has 1 aromatic carbocycles. The molecule has 0 spiro atoms. The van der Waals surface area contributed by atoms with Gasteiger partial charge in [0.2, 0.25) is 0 Å². The van der Waals surface area contributed by atoms with Gasteiger partial charge in [0, 0.05) is 6.20 Å². The third-order valence-corrected chi connectivity index (χ3v) is 2.39. The van der Waals surface area contributed by atoms with Crippen molar-refractivity contribution in [2.24, 2.45) is 0 Å². The maximum Gasteiger partial charge on any atom is 0.309 e. The molecule has 0 aliphatic rings. The van der Waals surface area contributed by atoms with Crippen LogP contribution in [0, 0.1) is 0 Å². The van der Waals surface area contributed by atoms with Crippen LogP contribution in [-0.4, -0.2) is 27.5 Å². The first-order valence-corrected chi connectivity index (χ1v) is 5.68. The van der Waals surface area contributed by atoms with Crippen LogP contribution in [0.3, 0.4) is 0 Å². The second-order valence-electron chi connectivity index (χ2n) is 3.75. The van der Waals surface area contributed by atoms with E-state index in [1.165, 1.54) is 0 Å². The first kappa shape index (κ1) is 12.2. The molecule has 0 saturated heterocycles. The maximum atomic E-state index is 10.6. The first-order valence-electron chi connectivity index (χ1n) is 5.68. The van der Waals surface area contributed by atoms with Crippen LogP contribution < -0.4 is 4.74 Å². The molecule has 0 bridgehead atoms. The number of aromatic nitrogens is 2. The fraction of sp³-hybridized carbons (Fsp3) is 0.231. The molecule has 1 heterocycles. The van der Waals surface area contributed by atoms with E-state index in [1.807, 2.05) is 31.2 Å². The molecule has 0 amide bonds. The zero-order valence-electron chi connectivity index (χ0n) is 10.0. The summed E-state index contributed by atoms with van der Waals surface area (Å²) < 4.78 is 6.99. The van der Waals surface area contributed by atoms with E-state index in [9.17, 15) is 4.79 Å². The summed E-state index contributed by atoms with van der Waals surface area (Å²) in [6.07, 6.45) is 1.68. The Hall–Kier alpha value is -2.30. The number of nitrogens with zero attached hydrogens (tertiary/aromatic N) is 2. The van der Waals surface area contributed by atoms with Crippen LogP contribution in [0.4, 0.5) is 0 Å². The Morgan fingerprint density at radius 2 is 2.06 bits per heavy atom. The number of hydrogen-bond donors (Lipinski definition) is 1. The van der Waals surface area contributed by atoms with Crippen molar-refractivity contribution < 1.29 is 14.6 Å². The molecule has 0 aliphatic heterocycles. The molecule has 5 nitrogen and oxygen atoms in total. The normalized spacial score (nSPS) is 10.3. The lowest BCUT2D eigenvalue weighted by molar-refractivity contribution is -0.136. The molecule has 1 N–H and O–H groups in total. The molecule has 0 saturated carbocycles. The molecule has 0 aliphatic carbocycles. The highest BCUT2D eigenvalue weighted by Gasteiger charge is 2.05. The Bertz CT molecular complexity index is 531. The number of aliphatic carboxylic acids is 1. The summed E-state index contributed by atoms with van der Waals surface area (Å²) in [5, 5.41) is 12.9. The predicted octanol–water partition coefficient (Wildman–Crippen LogP) is 1.90. The highest BCUT2D eigenvalue weighted by molar-refractivity contribution is 5.69. The smallest absolute Gasteiger partial charge is 0.309 e. The van der Waals surface area contributed by atoms with Gasteiger partial charge in [0.15, 0.2) is 0 Å². The molecule has 0 radical (unpaired) electrons. The molecule has 94 valence electrons. The van der Waals surface area contributed by atoms with E-state index >= 15 is 0 Å². The highest BCUT2D eigenvalue weighted by atomic mass is 16.5. The Kier molecular flexibility index (Phi) is 3.62. The minimum absolute atomic E-state index is 0.0654. The van der Waals surface area contributed by atoms with Gasteiger partial charge in [-0.25, -0.2) is 4.68 Å². The Morgan fingerprint density at radius 1 is 1.33 bits per heavy atom. The van der Waals surface area contributed by atoms with Crippen molar-refractivity contribution in [1.82, 2.24) is 9.78 Å². The van der Waals surface area contributed by atoms with Crippen LogP contribution in [0.5, 0.6) is 5.75 Å². The van der Waals surface area contributed by atoms with Gasteiger partial charge in [-0.1, -0.05) is 0 Å². The molecule has 0 unspecified atom stereocenters. The average molecular weight is 246 g/mol. The van der Waals surface area contributed by atoms with Crippen molar-refractivity contribution in [2.75, 3.05) is 6.61 Å². The second kappa shape index (κ2) is 5.35. The Balaban J connectivity index is 2.15. The molecule has 1 aromatic heterocycles. The van der Waals surface area contributed by atoms with Crippen LogP contribution >= 0.6 is 0 Å². The van der Waals surface area contributed by atoms with E-state index in [2.05, 4.69) is 5.10 Å². The Labute approximate surface area is 105 Å². The van der Waals surface area contributed by atoms with Gasteiger partial charge >= 0.3 is 5.97 Å². The summed E-state index contributed by atoms with van der Waals surface area (Å²) in [7, 11) is 0. The summed E-state index contributed by atoms with van der Waals surface area (Å²) in [5.74, 6) is -0.0777. The van der Waals surface area contributed by atoms with Crippen LogP contribution in [-0.2, 0) is 11.2 Å². The topological polar surface area (TPSA) is 64.3 Å². The highest BCUT2D eigenvalue weighted by Crippen LogP contribution is 2.15. The fourth-order valence-corrected chi connectivity index (χ4v) is 1.62. The summed E-state index contributed by atoms with van der Waals surface area (Å²) in [4.78, 5) is 10.6. The SMILES string of the molecule is CCOc1ccc(-n2ccc(CC(=O)O)n2)cc1. The lowest BCUT2D eigenvalue weighted by atomic mass is 10.3. The van der Waals surface area contributed by atoms with Gasteiger partial charge in [-0.15, -0.1) is 0 Å². The van der Waals surface area contributed by atoms with Gasteiger partial charge in [-0.3, -0.25) is 4.79 Å². The van der Waals surface area contributed by atoms with Crippen molar-refractivity contribution >= 4 is 5.97 Å². The van der Waals surface area contributed by atoms with E-state index in [-0.39, 0.29) is 6.42 Å². The summed E-state index contributed by atoms with van der Waals surface area (Å²) in [6.45, 7) is 2.56. The van der Waals surface area contributed by atoms with Crippen LogP contribution in [0.25, 0.3) is 5.69 Å². The molecule has 2 rings (SSSR count). The van der Waals surface area contributed by atoms with Crippen LogP contribution in [0.2, 0.25) is 0 Å². The molecule has 0 atom stereocenters. The van der Waals surface area contributed by atoms with Gasteiger partial charge in [0.25, 0.3) is 0 Å². The number of carbonyl (C=O) groups is 1. The number of carboxylic acids is 1. The van der Waals surface area contributed by atoms with E-state index < -0.39 is 5.97 Å². The number of ether oxygens (including phenoxy) is 1. The number of hydrogen-bond acceptors (Lipinski definition) is 3. The minimum atomic E-state index is -0.882. The number of rotatable bonds is 5. The van der Waals surface area contributed by atoms with Gasteiger partial charge < -0.3 is 9.84 Å². The average Bonchev–Trinajstić information content (AvgIpc) is 2.78. The van der Waals surface area contributed by atoms with Crippen LogP contribution in [0.1, 0.15) is 12.6 Å². The van der Waals surface area contributed by atoms with Gasteiger partial charge in [0.05, 0.1) is 24.4 Å². The lowest BCUT2D eigenvalue weighted by Gasteiger charge is -2.04. The number of benzene rings is 1. The predicted molar refractivity (Wildman–Crippen MR) is 66.1 cm³/mol. The quantitative estimate of drug-likeness (QED) is 0.875. The van der Waals surface area contributed by atoms with Gasteiger partial charge in [-0.05, 0) is 37.3 Å². The van der Waals surface area contributed by atoms with E-state index in [0.29, 0.717) is 12.3 Å². The van der Waals surface area contributed by atoms with Gasteiger partial charge in [-0.2, -0.15) is 5.10 Å². The molecular formula is C13H14N2O3. The lowest BCUT2D eigenvalue weighted by Crippen LogP contribution is -2.02. The molecule has 5 heteroatoms. The maximum absolute atomic E-state index is 10.6. The van der Waals surface area contributed by atoms with Crippen molar-refractivity contribution in [1.29, 1.82) is 0 Å². The second-order valence-corrected chi connectivity index (χ2v) is 3.75. The molecule has 0 fully saturated rings. The standard InChI is InChI=1S/C13H14N2O3/c1-2-18-12-5-3-11(4-6-12)15-8-7-10(14-15)9-13(16)17/h3-8H,2,9H2,1H3,(H,16,17). The van der Waals surface area contributed by atoms with Crippen molar-refractivity contribution in [3.63, 3.8) is 0 Å². The Morgan fingerprint density at radius 3 is 2.67 bits per heavy atom. The zero-order valence-corrected chi connectivity index (χ0v) is 10.0. The molecular weight excluding hydrogens is 232 g/mol. The number of carboxylic acid groups (broad SMARTS) is 1. The molecule has 18 heavy (non-hydrogen) atoms. The summed E-state index contributed by atoms with van der Waals surface area (Å²) >= 11 is 0. The minimum Gasteiger partial charge on any atom is -0.494 e. The van der Waals surface area contributed by atoms with E-state index in [1.54, 1.807) is 16.9 Å². The monoisotopic (exact) mass is 246 g/mol. The van der Waals surface area contributed by atoms with E-state index in [4.69, 9.17) is 9.84 Å². The van der Waals surface area contributed by atoms with E-state index in [0.717, 1.165) is 11.4 Å². The summed E-state index contributed by atoms with van der Waals surface area (Å²) in [5.41, 5.74) is 1.41. The van der Waals surface area contributed by atoms with Crippen molar-refractivity contribution in [3.8, 4) is 11.4 Å². The third kappa shape index (κ3) is 2.88. The fourth-order valence-electron chi connectivity index (χ4n) is 1.62. The first-order chi connectivity index (χ1) is 8.69. The summed E-state index contributed by atoms with van der Waals surface area (Å²) in [6, 6.07) is 9.17. The van der Waals surface area contributed by atoms with Crippen LogP contribution in [0.15, 0.2) is 36.5 Å². The third-order valence-electron chi connectivity index (χ3n) is 2.39. The van der Waals surface area contributed by atoms with Gasteiger partial charge in [0.1, 0.15) is 5.75 Å². The van der Waals surface area contributed by atoms with Crippen molar-refractivity contribution in [2.45, 2.75) is 13.3 Å². The van der Waals surface area contributed by atoms with Crippen molar-refractivity contribution in [3.05, 3.63) is 42.2 Å². The largest absolute Gasteiger partial charge is 0.494 e. The molecule has 2 aromatic rings.